The number of halogens is 1. The lowest BCUT2D eigenvalue weighted by atomic mass is 10.1. The van der Waals surface area contributed by atoms with Gasteiger partial charge >= 0.3 is 0 Å². The first kappa shape index (κ1) is 21.4. The molecule has 1 aromatic heterocycles. The molecule has 1 aliphatic heterocycles. The maximum Gasteiger partial charge on any atom is 0.191 e. The number of rotatable bonds is 7. The van der Waals surface area contributed by atoms with Crippen molar-refractivity contribution in [1.29, 1.82) is 0 Å². The summed E-state index contributed by atoms with van der Waals surface area (Å²) in [5.74, 6) is 1.65. The van der Waals surface area contributed by atoms with E-state index in [0.717, 1.165) is 31.3 Å². The van der Waals surface area contributed by atoms with Crippen LogP contribution in [-0.2, 0) is 17.9 Å². The summed E-state index contributed by atoms with van der Waals surface area (Å²) in [7, 11) is 1.80. The van der Waals surface area contributed by atoms with Crippen molar-refractivity contribution in [3.63, 3.8) is 0 Å². The van der Waals surface area contributed by atoms with Crippen molar-refractivity contribution >= 4 is 23.4 Å². The molecule has 1 saturated heterocycles. The van der Waals surface area contributed by atoms with Gasteiger partial charge in [0, 0.05) is 38.9 Å². The molecule has 1 aliphatic rings. The Morgan fingerprint density at radius 2 is 2.03 bits per heavy atom. The third-order valence-electron chi connectivity index (χ3n) is 4.86. The Morgan fingerprint density at radius 1 is 1.28 bits per heavy atom. The molecule has 0 amide bonds. The van der Waals surface area contributed by atoms with Gasteiger partial charge in [-0.1, -0.05) is 35.9 Å². The lowest BCUT2D eigenvalue weighted by Crippen LogP contribution is -2.44. The van der Waals surface area contributed by atoms with Gasteiger partial charge in [0.05, 0.1) is 17.7 Å². The van der Waals surface area contributed by atoms with Crippen LogP contribution in [0.25, 0.3) is 0 Å². The number of pyridine rings is 1. The van der Waals surface area contributed by atoms with Crippen molar-refractivity contribution in [3.8, 4) is 0 Å². The fourth-order valence-electron chi connectivity index (χ4n) is 3.27. The first-order valence-corrected chi connectivity index (χ1v) is 10.4. The zero-order valence-corrected chi connectivity index (χ0v) is 18.1. The lowest BCUT2D eigenvalue weighted by Gasteiger charge is -2.20. The second kappa shape index (κ2) is 10.5. The molecule has 1 atom stereocenters. The number of nitrogens with zero attached hydrogens (tertiary/aromatic N) is 3. The number of nitrogens with one attached hydrogen (secondary N) is 2. The molecule has 156 valence electrons. The minimum atomic E-state index is 0.242. The Hall–Kier alpha value is -2.31. The third-order valence-corrected chi connectivity index (χ3v) is 5.15. The monoisotopic (exact) mass is 415 g/mol. The maximum atomic E-state index is 6.28. The first-order valence-electron chi connectivity index (χ1n) is 10.1. The normalized spacial score (nSPS) is 17.1. The summed E-state index contributed by atoms with van der Waals surface area (Å²) in [5, 5.41) is 7.59. The second-order valence-corrected chi connectivity index (χ2v) is 7.89. The quantitative estimate of drug-likeness (QED) is 0.534. The number of guanidine groups is 1. The molecule has 0 spiro atoms. The summed E-state index contributed by atoms with van der Waals surface area (Å²) in [6.45, 7) is 7.23. The van der Waals surface area contributed by atoms with Gasteiger partial charge in [-0.2, -0.15) is 0 Å². The highest BCUT2D eigenvalue weighted by molar-refractivity contribution is 6.32. The molecule has 0 radical (unpaired) electrons. The van der Waals surface area contributed by atoms with E-state index in [-0.39, 0.29) is 6.10 Å². The average molecular weight is 416 g/mol. The number of aliphatic imine (C=N–C) groups is 1. The van der Waals surface area contributed by atoms with Crippen molar-refractivity contribution in [2.75, 3.05) is 25.0 Å². The molecule has 0 saturated carbocycles. The molecule has 1 aromatic carbocycles. The van der Waals surface area contributed by atoms with E-state index >= 15 is 0 Å². The highest BCUT2D eigenvalue weighted by Crippen LogP contribution is 2.25. The maximum absolute atomic E-state index is 6.28. The third kappa shape index (κ3) is 6.34. The summed E-state index contributed by atoms with van der Waals surface area (Å²) in [5.41, 5.74) is 2.39. The predicted octanol–water partition coefficient (Wildman–Crippen LogP) is 3.60. The minimum absolute atomic E-state index is 0.242. The summed E-state index contributed by atoms with van der Waals surface area (Å²) < 4.78 is 5.64. The summed E-state index contributed by atoms with van der Waals surface area (Å²) in [6.07, 6.45) is 3.03. The summed E-state index contributed by atoms with van der Waals surface area (Å²) >= 11 is 6.28. The van der Waals surface area contributed by atoms with Crippen LogP contribution in [0, 0.1) is 0 Å². The minimum Gasteiger partial charge on any atom is -0.374 e. The lowest BCUT2D eigenvalue weighted by molar-refractivity contribution is 0.0657. The number of aromatic nitrogens is 1. The van der Waals surface area contributed by atoms with Gasteiger partial charge < -0.3 is 20.3 Å². The Morgan fingerprint density at radius 3 is 2.72 bits per heavy atom. The zero-order valence-electron chi connectivity index (χ0n) is 17.4. The molecule has 29 heavy (non-hydrogen) atoms. The molecule has 3 rings (SSSR count). The molecule has 0 bridgehead atoms. The van der Waals surface area contributed by atoms with Crippen LogP contribution >= 0.6 is 11.6 Å². The van der Waals surface area contributed by atoms with Crippen molar-refractivity contribution in [1.82, 2.24) is 15.6 Å². The van der Waals surface area contributed by atoms with Crippen LogP contribution in [0.4, 0.5) is 5.82 Å². The van der Waals surface area contributed by atoms with Gasteiger partial charge in [0.15, 0.2) is 5.96 Å². The zero-order chi connectivity index (χ0) is 20.6. The predicted molar refractivity (Wildman–Crippen MR) is 120 cm³/mol. The van der Waals surface area contributed by atoms with E-state index in [1.165, 1.54) is 11.1 Å². The Bertz CT molecular complexity index is 809. The molecular weight excluding hydrogens is 386 g/mol. The number of hydrogen-bond donors (Lipinski definition) is 2. The number of benzene rings is 1. The number of anilines is 1. The van der Waals surface area contributed by atoms with E-state index in [9.17, 15) is 0 Å². The smallest absolute Gasteiger partial charge is 0.191 e. The van der Waals surface area contributed by atoms with Crippen LogP contribution in [-0.4, -0.2) is 43.2 Å². The van der Waals surface area contributed by atoms with E-state index in [0.29, 0.717) is 24.2 Å². The Balaban J connectivity index is 1.47. The van der Waals surface area contributed by atoms with Crippen molar-refractivity contribution in [3.05, 3.63) is 58.7 Å². The fraction of sp³-hybridized carbons (Fsp3) is 0.455. The number of hydrogen-bond acceptors (Lipinski definition) is 4. The largest absolute Gasteiger partial charge is 0.374 e. The topological polar surface area (TPSA) is 61.8 Å². The standard InChI is InChI=1S/C22H30ClN5O/c1-16(2)29-15-18-8-6-17(7-9-18)13-26-22(24-3)27-19-10-12-28(14-19)21-20(23)5-4-11-25-21/h4-9,11,16,19H,10,12-15H2,1-3H3,(H2,24,26,27). The summed E-state index contributed by atoms with van der Waals surface area (Å²) in [6, 6.07) is 12.5. The molecule has 0 aliphatic carbocycles. The van der Waals surface area contributed by atoms with Crippen LogP contribution in [0.2, 0.25) is 5.02 Å². The molecule has 2 aromatic rings. The van der Waals surface area contributed by atoms with Crippen LogP contribution in [0.5, 0.6) is 0 Å². The van der Waals surface area contributed by atoms with Gasteiger partial charge in [-0.15, -0.1) is 0 Å². The molecule has 1 fully saturated rings. The second-order valence-electron chi connectivity index (χ2n) is 7.49. The molecule has 2 N–H and O–H groups in total. The van der Waals surface area contributed by atoms with Gasteiger partial charge in [0.25, 0.3) is 0 Å². The number of ether oxygens (including phenoxy) is 1. The molecular formula is C22H30ClN5O. The highest BCUT2D eigenvalue weighted by atomic mass is 35.5. The van der Waals surface area contributed by atoms with Crippen molar-refractivity contribution < 1.29 is 4.74 Å². The van der Waals surface area contributed by atoms with Gasteiger partial charge in [-0.3, -0.25) is 4.99 Å². The average Bonchev–Trinajstić information content (AvgIpc) is 3.19. The molecule has 1 unspecified atom stereocenters. The van der Waals surface area contributed by atoms with Crippen LogP contribution in [0.15, 0.2) is 47.6 Å². The van der Waals surface area contributed by atoms with Crippen molar-refractivity contribution in [2.45, 2.75) is 45.6 Å². The van der Waals surface area contributed by atoms with Crippen LogP contribution in [0.3, 0.4) is 0 Å². The molecule has 2 heterocycles. The Labute approximate surface area is 178 Å². The highest BCUT2D eigenvalue weighted by Gasteiger charge is 2.25. The molecule has 6 nitrogen and oxygen atoms in total. The van der Waals surface area contributed by atoms with E-state index in [1.807, 2.05) is 26.0 Å². The van der Waals surface area contributed by atoms with E-state index in [1.54, 1.807) is 13.2 Å². The first-order chi connectivity index (χ1) is 14.0. The molecule has 7 heteroatoms. The Kier molecular flexibility index (Phi) is 7.72. The van der Waals surface area contributed by atoms with E-state index < -0.39 is 0 Å². The van der Waals surface area contributed by atoms with Gasteiger partial charge in [0.2, 0.25) is 0 Å². The van der Waals surface area contributed by atoms with Gasteiger partial charge in [-0.25, -0.2) is 4.98 Å². The van der Waals surface area contributed by atoms with E-state index in [2.05, 4.69) is 49.8 Å². The van der Waals surface area contributed by atoms with E-state index in [4.69, 9.17) is 16.3 Å². The fourth-order valence-corrected chi connectivity index (χ4v) is 3.51. The SMILES string of the molecule is CN=C(NCc1ccc(COC(C)C)cc1)NC1CCN(c2ncccc2Cl)C1. The van der Waals surface area contributed by atoms with Crippen LogP contribution < -0.4 is 15.5 Å². The van der Waals surface area contributed by atoms with Crippen molar-refractivity contribution in [2.24, 2.45) is 4.99 Å². The summed E-state index contributed by atoms with van der Waals surface area (Å²) in [4.78, 5) is 11.0. The van der Waals surface area contributed by atoms with Gasteiger partial charge in [0.1, 0.15) is 5.82 Å². The van der Waals surface area contributed by atoms with Crippen LogP contribution in [0.1, 0.15) is 31.4 Å². The van der Waals surface area contributed by atoms with Gasteiger partial charge in [-0.05, 0) is 43.5 Å².